The van der Waals surface area contributed by atoms with Crippen LogP contribution in [-0.4, -0.2) is 29.6 Å². The van der Waals surface area contributed by atoms with Crippen LogP contribution < -0.4 is 4.80 Å². The number of thiazole rings is 1. The number of carbonyl (C=O) groups is 1. The SMILES string of the molecule is Cc1sc(=NC(=O)N(C)C)n(-c2ccc(Cl)cc2)c1C. The quantitative estimate of drug-likeness (QED) is 0.795. The molecule has 0 aliphatic carbocycles. The first kappa shape index (κ1) is 14.8. The minimum atomic E-state index is -0.269. The van der Waals surface area contributed by atoms with E-state index in [0.717, 1.165) is 16.3 Å². The monoisotopic (exact) mass is 309 g/mol. The van der Waals surface area contributed by atoms with Crippen molar-refractivity contribution in [2.75, 3.05) is 14.1 Å². The molecule has 0 N–H and O–H groups in total. The third-order valence-corrected chi connectivity index (χ3v) is 4.25. The lowest BCUT2D eigenvalue weighted by molar-refractivity contribution is 0.226. The second-order valence-electron chi connectivity index (χ2n) is 4.63. The summed E-state index contributed by atoms with van der Waals surface area (Å²) in [4.78, 5) is 19.2. The number of hydrogen-bond acceptors (Lipinski definition) is 2. The van der Waals surface area contributed by atoms with E-state index in [4.69, 9.17) is 11.6 Å². The molecule has 0 bridgehead atoms. The fraction of sp³-hybridized carbons (Fsp3) is 0.286. The summed E-state index contributed by atoms with van der Waals surface area (Å²) in [5, 5.41) is 0.682. The van der Waals surface area contributed by atoms with Crippen LogP contribution in [0.5, 0.6) is 0 Å². The topological polar surface area (TPSA) is 37.6 Å². The highest BCUT2D eigenvalue weighted by Gasteiger charge is 2.10. The number of nitrogens with zero attached hydrogens (tertiary/aromatic N) is 3. The number of rotatable bonds is 1. The first-order valence-corrected chi connectivity index (χ1v) is 7.30. The number of hydrogen-bond donors (Lipinski definition) is 0. The third-order valence-electron chi connectivity index (χ3n) is 2.94. The zero-order chi connectivity index (χ0) is 14.9. The smallest absolute Gasteiger partial charge is 0.329 e. The molecule has 0 fully saturated rings. The van der Waals surface area contributed by atoms with Crippen LogP contribution in [0.2, 0.25) is 5.02 Å². The van der Waals surface area contributed by atoms with Gasteiger partial charge in [0.05, 0.1) is 0 Å². The maximum absolute atomic E-state index is 11.8. The van der Waals surface area contributed by atoms with E-state index in [1.54, 1.807) is 14.1 Å². The van der Waals surface area contributed by atoms with Gasteiger partial charge < -0.3 is 4.90 Å². The van der Waals surface area contributed by atoms with E-state index in [9.17, 15) is 4.79 Å². The van der Waals surface area contributed by atoms with Gasteiger partial charge in [0.15, 0.2) is 4.80 Å². The Morgan fingerprint density at radius 2 is 1.85 bits per heavy atom. The number of carbonyl (C=O) groups excluding carboxylic acids is 1. The summed E-state index contributed by atoms with van der Waals surface area (Å²) in [6.45, 7) is 4.03. The highest BCUT2D eigenvalue weighted by atomic mass is 35.5. The normalized spacial score (nSPS) is 11.8. The molecule has 0 unspecified atom stereocenters. The van der Waals surface area contributed by atoms with E-state index in [0.29, 0.717) is 9.82 Å². The van der Waals surface area contributed by atoms with E-state index in [2.05, 4.69) is 4.99 Å². The Morgan fingerprint density at radius 3 is 2.40 bits per heavy atom. The van der Waals surface area contributed by atoms with E-state index in [1.807, 2.05) is 42.7 Å². The Balaban J connectivity index is 2.63. The van der Waals surface area contributed by atoms with E-state index >= 15 is 0 Å². The molecular formula is C14H16ClN3OS. The summed E-state index contributed by atoms with van der Waals surface area (Å²) < 4.78 is 1.97. The number of aromatic nitrogens is 1. The highest BCUT2D eigenvalue weighted by Crippen LogP contribution is 2.18. The molecule has 0 saturated carbocycles. The minimum absolute atomic E-state index is 0.269. The predicted molar refractivity (Wildman–Crippen MR) is 82.8 cm³/mol. The molecule has 0 aliphatic heterocycles. The summed E-state index contributed by atoms with van der Waals surface area (Å²) in [7, 11) is 3.37. The van der Waals surface area contributed by atoms with Gasteiger partial charge >= 0.3 is 6.03 Å². The molecule has 0 radical (unpaired) electrons. The van der Waals surface area contributed by atoms with Crippen LogP contribution in [0.3, 0.4) is 0 Å². The Morgan fingerprint density at radius 1 is 1.25 bits per heavy atom. The second-order valence-corrected chi connectivity index (χ2v) is 6.24. The van der Waals surface area contributed by atoms with Crippen molar-refractivity contribution in [3.63, 3.8) is 0 Å². The molecule has 0 atom stereocenters. The van der Waals surface area contributed by atoms with Crippen molar-refractivity contribution in [1.29, 1.82) is 0 Å². The molecule has 0 spiro atoms. The van der Waals surface area contributed by atoms with Gasteiger partial charge in [0.25, 0.3) is 0 Å². The van der Waals surface area contributed by atoms with Crippen molar-refractivity contribution < 1.29 is 4.79 Å². The summed E-state index contributed by atoms with van der Waals surface area (Å²) in [5.74, 6) is 0. The van der Waals surface area contributed by atoms with Gasteiger partial charge in [-0.3, -0.25) is 4.57 Å². The van der Waals surface area contributed by atoms with Crippen LogP contribution in [0.15, 0.2) is 29.3 Å². The van der Waals surface area contributed by atoms with Crippen molar-refractivity contribution in [2.45, 2.75) is 13.8 Å². The minimum Gasteiger partial charge on any atom is -0.329 e. The molecule has 4 nitrogen and oxygen atoms in total. The molecule has 1 aromatic carbocycles. The van der Waals surface area contributed by atoms with Gasteiger partial charge in [-0.15, -0.1) is 11.3 Å². The van der Waals surface area contributed by atoms with Crippen LogP contribution in [0, 0.1) is 13.8 Å². The third kappa shape index (κ3) is 2.94. The zero-order valence-corrected chi connectivity index (χ0v) is 13.4. The Bertz CT molecular complexity index is 698. The number of benzene rings is 1. The molecule has 2 amide bonds. The summed E-state index contributed by atoms with van der Waals surface area (Å²) >= 11 is 7.42. The number of urea groups is 1. The largest absolute Gasteiger partial charge is 0.345 e. The average Bonchev–Trinajstić information content (AvgIpc) is 2.66. The zero-order valence-electron chi connectivity index (χ0n) is 11.8. The Hall–Kier alpha value is -1.59. The maximum Gasteiger partial charge on any atom is 0.345 e. The molecule has 6 heteroatoms. The first-order valence-electron chi connectivity index (χ1n) is 6.11. The van der Waals surface area contributed by atoms with Crippen LogP contribution in [0.4, 0.5) is 4.79 Å². The number of amides is 2. The van der Waals surface area contributed by atoms with Gasteiger partial charge in [-0.2, -0.15) is 4.99 Å². The van der Waals surface area contributed by atoms with Gasteiger partial charge in [-0.25, -0.2) is 4.79 Å². The molecule has 2 rings (SSSR count). The number of halogens is 1. The predicted octanol–water partition coefficient (Wildman–Crippen LogP) is 3.39. The fourth-order valence-corrected chi connectivity index (χ4v) is 2.80. The van der Waals surface area contributed by atoms with Crippen LogP contribution in [0.25, 0.3) is 5.69 Å². The lowest BCUT2D eigenvalue weighted by Crippen LogP contribution is -2.23. The van der Waals surface area contributed by atoms with Crippen molar-refractivity contribution in [3.8, 4) is 5.69 Å². The van der Waals surface area contributed by atoms with Crippen molar-refractivity contribution in [3.05, 3.63) is 44.7 Å². The molecular weight excluding hydrogens is 294 g/mol. The van der Waals surface area contributed by atoms with Crippen LogP contribution >= 0.6 is 22.9 Å². The maximum atomic E-state index is 11.8. The Labute approximate surface area is 127 Å². The summed E-state index contributed by atoms with van der Waals surface area (Å²) in [5.41, 5.74) is 2.02. The lowest BCUT2D eigenvalue weighted by Gasteiger charge is -2.08. The van der Waals surface area contributed by atoms with Crippen LogP contribution in [-0.2, 0) is 0 Å². The van der Waals surface area contributed by atoms with Crippen molar-refractivity contribution in [2.24, 2.45) is 4.99 Å². The van der Waals surface area contributed by atoms with E-state index in [-0.39, 0.29) is 6.03 Å². The van der Waals surface area contributed by atoms with Gasteiger partial charge in [0.2, 0.25) is 0 Å². The average molecular weight is 310 g/mol. The van der Waals surface area contributed by atoms with Crippen molar-refractivity contribution in [1.82, 2.24) is 9.47 Å². The molecule has 2 aromatic rings. The standard InChI is InChI=1S/C14H16ClN3OS/c1-9-10(2)20-14(16-13(19)17(3)4)18(9)12-7-5-11(15)6-8-12/h5-8H,1-4H3. The second kappa shape index (κ2) is 5.81. The molecule has 1 heterocycles. The van der Waals surface area contributed by atoms with E-state index < -0.39 is 0 Å². The lowest BCUT2D eigenvalue weighted by atomic mass is 10.3. The summed E-state index contributed by atoms with van der Waals surface area (Å²) in [6.07, 6.45) is 0. The highest BCUT2D eigenvalue weighted by molar-refractivity contribution is 7.09. The first-order chi connectivity index (χ1) is 9.40. The molecule has 0 aliphatic rings. The molecule has 1 aromatic heterocycles. The molecule has 20 heavy (non-hydrogen) atoms. The van der Waals surface area contributed by atoms with Gasteiger partial charge in [0.1, 0.15) is 0 Å². The molecule has 106 valence electrons. The van der Waals surface area contributed by atoms with Gasteiger partial charge in [0, 0.05) is 35.4 Å². The van der Waals surface area contributed by atoms with E-state index in [1.165, 1.54) is 16.2 Å². The van der Waals surface area contributed by atoms with Gasteiger partial charge in [-0.1, -0.05) is 11.6 Å². The number of aryl methyl sites for hydroxylation is 1. The van der Waals surface area contributed by atoms with Crippen molar-refractivity contribution >= 4 is 29.0 Å². The molecule has 0 saturated heterocycles. The van der Waals surface area contributed by atoms with Crippen LogP contribution in [0.1, 0.15) is 10.6 Å². The summed E-state index contributed by atoms with van der Waals surface area (Å²) in [6, 6.07) is 7.22. The van der Waals surface area contributed by atoms with Gasteiger partial charge in [-0.05, 0) is 38.1 Å². The fourth-order valence-electron chi connectivity index (χ4n) is 1.71. The Kier molecular flexibility index (Phi) is 4.30.